The summed E-state index contributed by atoms with van der Waals surface area (Å²) in [5.74, 6) is 0.676. The van der Waals surface area contributed by atoms with Crippen LogP contribution >= 0.6 is 0 Å². The van der Waals surface area contributed by atoms with Gasteiger partial charge in [0.05, 0.1) is 7.11 Å². The number of amides is 2. The molecule has 2 aromatic rings. The van der Waals surface area contributed by atoms with Crippen molar-refractivity contribution in [3.05, 3.63) is 65.2 Å². The Balaban J connectivity index is 1.64. The molecule has 3 rings (SSSR count). The van der Waals surface area contributed by atoms with Crippen molar-refractivity contribution in [3.63, 3.8) is 0 Å². The van der Waals surface area contributed by atoms with E-state index >= 15 is 0 Å². The van der Waals surface area contributed by atoms with Crippen molar-refractivity contribution >= 4 is 12.0 Å². The average molecular weight is 426 g/mol. The van der Waals surface area contributed by atoms with E-state index in [0.717, 1.165) is 36.1 Å². The third kappa shape index (κ3) is 6.21. The van der Waals surface area contributed by atoms with Crippen LogP contribution < -0.4 is 15.8 Å². The third-order valence-corrected chi connectivity index (χ3v) is 5.51. The lowest BCUT2D eigenvalue weighted by atomic mass is 9.97. The second kappa shape index (κ2) is 11.4. The molecule has 7 heteroatoms. The number of nitrogens with zero attached hydrogens (tertiary/aromatic N) is 1. The van der Waals surface area contributed by atoms with Gasteiger partial charge in [-0.1, -0.05) is 42.5 Å². The molecule has 0 aliphatic carbocycles. The first-order chi connectivity index (χ1) is 15.1. The normalized spacial score (nSPS) is 13.8. The fraction of sp³-hybridized carbons (Fsp3) is 0.417. The van der Waals surface area contributed by atoms with Crippen molar-refractivity contribution in [2.75, 3.05) is 20.2 Å². The van der Waals surface area contributed by atoms with Crippen LogP contribution in [0.2, 0.25) is 0 Å². The predicted molar refractivity (Wildman–Crippen MR) is 119 cm³/mol. The van der Waals surface area contributed by atoms with E-state index < -0.39 is 12.1 Å². The van der Waals surface area contributed by atoms with E-state index in [4.69, 9.17) is 15.2 Å². The van der Waals surface area contributed by atoms with Crippen LogP contribution in [0.4, 0.5) is 4.79 Å². The van der Waals surface area contributed by atoms with Crippen molar-refractivity contribution in [1.82, 2.24) is 10.2 Å². The van der Waals surface area contributed by atoms with Crippen molar-refractivity contribution in [1.29, 1.82) is 0 Å². The molecule has 2 aromatic carbocycles. The van der Waals surface area contributed by atoms with E-state index in [-0.39, 0.29) is 12.5 Å². The number of carbonyl (C=O) groups is 2. The van der Waals surface area contributed by atoms with Gasteiger partial charge in [-0.15, -0.1) is 0 Å². The van der Waals surface area contributed by atoms with Crippen molar-refractivity contribution < 1.29 is 19.1 Å². The van der Waals surface area contributed by atoms with Crippen LogP contribution in [0.15, 0.2) is 48.5 Å². The molecule has 1 heterocycles. The molecule has 31 heavy (non-hydrogen) atoms. The third-order valence-electron chi connectivity index (χ3n) is 5.51. The van der Waals surface area contributed by atoms with Crippen LogP contribution in [0.5, 0.6) is 5.75 Å². The summed E-state index contributed by atoms with van der Waals surface area (Å²) in [4.78, 5) is 27.5. The number of hydrogen-bond acceptors (Lipinski definition) is 5. The molecule has 0 saturated heterocycles. The highest BCUT2D eigenvalue weighted by Gasteiger charge is 2.29. The first kappa shape index (κ1) is 22.6. The van der Waals surface area contributed by atoms with Crippen molar-refractivity contribution in [3.8, 4) is 5.75 Å². The summed E-state index contributed by atoms with van der Waals surface area (Å²) in [7, 11) is 1.64. The maximum Gasteiger partial charge on any atom is 0.408 e. The van der Waals surface area contributed by atoms with Crippen LogP contribution in [0.25, 0.3) is 0 Å². The Morgan fingerprint density at radius 2 is 1.94 bits per heavy atom. The number of fused-ring (bicyclic) bond motifs is 1. The van der Waals surface area contributed by atoms with Gasteiger partial charge in [-0.25, -0.2) is 4.79 Å². The number of ether oxygens (including phenoxy) is 2. The smallest absolute Gasteiger partial charge is 0.408 e. The van der Waals surface area contributed by atoms with Crippen molar-refractivity contribution in [2.45, 2.75) is 44.9 Å². The minimum atomic E-state index is -0.647. The maximum atomic E-state index is 13.3. The van der Waals surface area contributed by atoms with Gasteiger partial charge in [0, 0.05) is 18.7 Å². The number of nitrogens with two attached hydrogens (primary N) is 1. The van der Waals surface area contributed by atoms with E-state index in [0.29, 0.717) is 26.1 Å². The Bertz CT molecular complexity index is 858. The topological polar surface area (TPSA) is 93.9 Å². The lowest BCUT2D eigenvalue weighted by molar-refractivity contribution is -0.134. The second-order valence-corrected chi connectivity index (χ2v) is 7.65. The van der Waals surface area contributed by atoms with Gasteiger partial charge in [-0.2, -0.15) is 0 Å². The molecule has 2 amide bonds. The number of unbranched alkanes of at least 4 members (excludes halogenated alkanes) is 1. The molecule has 0 unspecified atom stereocenters. The molecule has 0 bridgehead atoms. The number of carbonyl (C=O) groups excluding carboxylic acids is 2. The SMILES string of the molecule is COc1cccc2c1CN(C(=O)[C@H](CCCCN)NC(=O)OCc1ccccc1)CC2. The van der Waals surface area contributed by atoms with Crippen LogP contribution in [-0.2, 0) is 29.1 Å². The van der Waals surface area contributed by atoms with E-state index in [1.54, 1.807) is 12.0 Å². The summed E-state index contributed by atoms with van der Waals surface area (Å²) in [6, 6.07) is 14.7. The lowest BCUT2D eigenvalue weighted by Crippen LogP contribution is -2.50. The fourth-order valence-corrected chi connectivity index (χ4v) is 3.81. The van der Waals surface area contributed by atoms with Gasteiger partial charge >= 0.3 is 6.09 Å². The van der Waals surface area contributed by atoms with Gasteiger partial charge < -0.3 is 25.4 Å². The molecular formula is C24H31N3O4. The summed E-state index contributed by atoms with van der Waals surface area (Å²) in [6.07, 6.45) is 2.23. The highest BCUT2D eigenvalue weighted by molar-refractivity contribution is 5.86. The van der Waals surface area contributed by atoms with Crippen LogP contribution in [0.1, 0.15) is 36.0 Å². The average Bonchev–Trinajstić information content (AvgIpc) is 2.81. The minimum Gasteiger partial charge on any atom is -0.496 e. The molecular weight excluding hydrogens is 394 g/mol. The van der Waals surface area contributed by atoms with Gasteiger partial charge in [0.25, 0.3) is 0 Å². The number of hydrogen-bond donors (Lipinski definition) is 2. The van der Waals surface area contributed by atoms with Gasteiger partial charge in [-0.05, 0) is 49.4 Å². The number of benzene rings is 2. The molecule has 7 nitrogen and oxygen atoms in total. The van der Waals surface area contributed by atoms with E-state index in [1.165, 1.54) is 5.56 Å². The summed E-state index contributed by atoms with van der Waals surface area (Å²) in [5, 5.41) is 2.77. The molecule has 0 saturated carbocycles. The summed E-state index contributed by atoms with van der Waals surface area (Å²) in [6.45, 7) is 1.78. The first-order valence-electron chi connectivity index (χ1n) is 10.7. The maximum absolute atomic E-state index is 13.3. The highest BCUT2D eigenvalue weighted by Crippen LogP contribution is 2.28. The molecule has 0 aromatic heterocycles. The molecule has 1 atom stereocenters. The van der Waals surface area contributed by atoms with Gasteiger partial charge in [-0.3, -0.25) is 4.79 Å². The Morgan fingerprint density at radius 3 is 2.68 bits per heavy atom. The fourth-order valence-electron chi connectivity index (χ4n) is 3.81. The summed E-state index contributed by atoms with van der Waals surface area (Å²) in [5.41, 5.74) is 8.72. The molecule has 3 N–H and O–H groups in total. The first-order valence-corrected chi connectivity index (χ1v) is 10.7. The predicted octanol–water partition coefficient (Wildman–Crippen LogP) is 3.00. The van der Waals surface area contributed by atoms with E-state index in [1.807, 2.05) is 42.5 Å². The zero-order valence-electron chi connectivity index (χ0n) is 18.0. The largest absolute Gasteiger partial charge is 0.496 e. The molecule has 166 valence electrons. The number of methoxy groups -OCH3 is 1. The van der Waals surface area contributed by atoms with Gasteiger partial charge in [0.15, 0.2) is 0 Å². The molecule has 0 spiro atoms. The quantitative estimate of drug-likeness (QED) is 0.603. The lowest BCUT2D eigenvalue weighted by Gasteiger charge is -2.32. The Labute approximate surface area is 183 Å². The van der Waals surface area contributed by atoms with Crippen LogP contribution in [0, 0.1) is 0 Å². The molecule has 1 aliphatic rings. The molecule has 1 aliphatic heterocycles. The Morgan fingerprint density at radius 1 is 1.13 bits per heavy atom. The Hall–Kier alpha value is -3.06. The standard InChI is InChI=1S/C24H31N3O4/c1-30-22-12-7-10-19-13-15-27(16-20(19)22)23(28)21(11-5-6-14-25)26-24(29)31-17-18-8-3-2-4-9-18/h2-4,7-10,12,21H,5-6,11,13-17,25H2,1H3,(H,26,29)/t21-/m0/s1. The van der Waals surface area contributed by atoms with Gasteiger partial charge in [0.1, 0.15) is 18.4 Å². The van der Waals surface area contributed by atoms with Gasteiger partial charge in [0.2, 0.25) is 5.91 Å². The Kier molecular flexibility index (Phi) is 8.29. The van der Waals surface area contributed by atoms with E-state index in [2.05, 4.69) is 11.4 Å². The van der Waals surface area contributed by atoms with Crippen LogP contribution in [0.3, 0.4) is 0 Å². The second-order valence-electron chi connectivity index (χ2n) is 7.65. The number of alkyl carbamates (subject to hydrolysis) is 1. The van der Waals surface area contributed by atoms with E-state index in [9.17, 15) is 9.59 Å². The minimum absolute atomic E-state index is 0.106. The number of rotatable bonds is 9. The van der Waals surface area contributed by atoms with Crippen LogP contribution in [-0.4, -0.2) is 43.1 Å². The molecule has 0 radical (unpaired) electrons. The number of nitrogens with one attached hydrogen (secondary N) is 1. The monoisotopic (exact) mass is 425 g/mol. The molecule has 0 fully saturated rings. The summed E-state index contributed by atoms with van der Waals surface area (Å²) < 4.78 is 10.8. The highest BCUT2D eigenvalue weighted by atomic mass is 16.5. The zero-order chi connectivity index (χ0) is 22.1. The van der Waals surface area contributed by atoms with Crippen molar-refractivity contribution in [2.24, 2.45) is 5.73 Å². The summed E-state index contributed by atoms with van der Waals surface area (Å²) >= 11 is 0. The zero-order valence-corrected chi connectivity index (χ0v) is 18.0.